The largest absolute Gasteiger partial charge is 0.467 e. The summed E-state index contributed by atoms with van der Waals surface area (Å²) in [7, 11) is 3.36. The van der Waals surface area contributed by atoms with E-state index in [9.17, 15) is 4.79 Å². The summed E-state index contributed by atoms with van der Waals surface area (Å²) < 4.78 is 10.8. The van der Waals surface area contributed by atoms with Crippen LogP contribution in [0.1, 0.15) is 53.4 Å². The van der Waals surface area contributed by atoms with Gasteiger partial charge < -0.3 is 19.7 Å². The zero-order valence-electron chi connectivity index (χ0n) is 20.6. The van der Waals surface area contributed by atoms with Crippen molar-refractivity contribution in [2.75, 3.05) is 26.2 Å². The van der Waals surface area contributed by atoms with Gasteiger partial charge in [-0.2, -0.15) is 0 Å². The van der Waals surface area contributed by atoms with Gasteiger partial charge in [0.05, 0.1) is 0 Å². The van der Waals surface area contributed by atoms with Crippen LogP contribution in [-0.2, 0) is 4.74 Å². The van der Waals surface area contributed by atoms with Crippen molar-refractivity contribution in [3.8, 4) is 18.1 Å². The van der Waals surface area contributed by atoms with Crippen molar-refractivity contribution in [1.29, 1.82) is 0 Å². The number of benzene rings is 2. The number of hydrogen-bond donors (Lipinski definition) is 1. The second-order valence-electron chi connectivity index (χ2n) is 7.77. The molecule has 1 N–H and O–H groups in total. The molecule has 0 saturated heterocycles. The van der Waals surface area contributed by atoms with Crippen LogP contribution in [0.2, 0.25) is 0 Å². The van der Waals surface area contributed by atoms with Crippen molar-refractivity contribution >= 4 is 11.7 Å². The molecule has 0 saturated carbocycles. The van der Waals surface area contributed by atoms with Crippen LogP contribution in [0, 0.1) is 12.3 Å². The second-order valence-corrected chi connectivity index (χ2v) is 7.77. The molecule has 5 nitrogen and oxygen atoms in total. The van der Waals surface area contributed by atoms with E-state index in [1.807, 2.05) is 36.4 Å². The second kappa shape index (κ2) is 17.7. The Hall–Kier alpha value is -2.97. The molecule has 0 unspecified atom stereocenters. The number of rotatable bonds is 8. The molecule has 0 heterocycles. The fourth-order valence-electron chi connectivity index (χ4n) is 2.04. The number of urea groups is 1. The molecule has 5 heteroatoms. The third kappa shape index (κ3) is 15.8. The van der Waals surface area contributed by atoms with Crippen molar-refractivity contribution in [1.82, 2.24) is 4.90 Å². The van der Waals surface area contributed by atoms with E-state index in [1.54, 1.807) is 52.2 Å². The molecular weight excluding hydrogens is 400 g/mol. The first-order valence-corrected chi connectivity index (χ1v) is 11.1. The molecule has 2 aromatic carbocycles. The van der Waals surface area contributed by atoms with Gasteiger partial charge in [0.25, 0.3) is 0 Å². The van der Waals surface area contributed by atoms with Crippen LogP contribution in [-0.4, -0.2) is 37.4 Å². The predicted molar refractivity (Wildman–Crippen MR) is 135 cm³/mol. The molecule has 0 bridgehead atoms. The highest BCUT2D eigenvalue weighted by atomic mass is 16.7. The number of terminal acetylenes is 1. The van der Waals surface area contributed by atoms with Gasteiger partial charge in [-0.25, -0.2) is 4.79 Å². The molecule has 2 aromatic rings. The normalized spacial score (nSPS) is 9.78. The van der Waals surface area contributed by atoms with E-state index in [4.69, 9.17) is 15.9 Å². The average Bonchev–Trinajstić information content (AvgIpc) is 2.80. The molecule has 0 aliphatic carbocycles. The Morgan fingerprint density at radius 2 is 1.44 bits per heavy atom. The summed E-state index contributed by atoms with van der Waals surface area (Å²) in [4.78, 5) is 12.9. The molecular formula is C27H40N2O3. The third-order valence-electron chi connectivity index (χ3n) is 4.13. The van der Waals surface area contributed by atoms with Gasteiger partial charge >= 0.3 is 6.03 Å². The van der Waals surface area contributed by atoms with E-state index in [0.717, 1.165) is 0 Å². The topological polar surface area (TPSA) is 50.8 Å². The zero-order valence-corrected chi connectivity index (χ0v) is 20.6. The van der Waals surface area contributed by atoms with E-state index in [-0.39, 0.29) is 12.8 Å². The lowest BCUT2D eigenvalue weighted by Gasteiger charge is -2.18. The van der Waals surface area contributed by atoms with E-state index < -0.39 is 5.60 Å². The Morgan fingerprint density at radius 1 is 0.969 bits per heavy atom. The van der Waals surface area contributed by atoms with E-state index in [1.165, 1.54) is 30.6 Å². The number of amides is 2. The minimum Gasteiger partial charge on any atom is -0.467 e. The molecule has 176 valence electrons. The minimum absolute atomic E-state index is 0.0700. The Balaban J connectivity index is 0.000000648. The van der Waals surface area contributed by atoms with Crippen LogP contribution >= 0.6 is 0 Å². The lowest BCUT2D eigenvalue weighted by atomic mass is 10.2. The number of carbonyl (C=O) groups is 1. The lowest BCUT2D eigenvalue weighted by Crippen LogP contribution is -2.27. The minimum atomic E-state index is -0.653. The molecule has 0 aliphatic heterocycles. The highest BCUT2D eigenvalue weighted by molar-refractivity contribution is 5.88. The van der Waals surface area contributed by atoms with Crippen LogP contribution in [0.3, 0.4) is 0 Å². The number of anilines is 1. The number of nitrogens with one attached hydrogen (secondary N) is 1. The van der Waals surface area contributed by atoms with Crippen molar-refractivity contribution < 1.29 is 14.3 Å². The first-order valence-electron chi connectivity index (χ1n) is 11.1. The molecule has 2 amide bonds. The van der Waals surface area contributed by atoms with Crippen LogP contribution < -0.4 is 10.1 Å². The van der Waals surface area contributed by atoms with Gasteiger partial charge in [-0.05, 0) is 38.1 Å². The quantitative estimate of drug-likeness (QED) is 0.278. The third-order valence-corrected chi connectivity index (χ3v) is 4.13. The molecule has 2 rings (SSSR count). The van der Waals surface area contributed by atoms with E-state index >= 15 is 0 Å². The van der Waals surface area contributed by atoms with Crippen LogP contribution in [0.5, 0.6) is 5.75 Å². The maximum Gasteiger partial charge on any atom is 0.321 e. The Bertz CT molecular complexity index is 720. The van der Waals surface area contributed by atoms with Crippen LogP contribution in [0.25, 0.3) is 0 Å². The molecule has 0 aliphatic rings. The molecule has 0 radical (unpaired) electrons. The van der Waals surface area contributed by atoms with Gasteiger partial charge in [0.15, 0.2) is 6.79 Å². The summed E-state index contributed by atoms with van der Waals surface area (Å²) in [6, 6.07) is 18.8. The van der Waals surface area contributed by atoms with Crippen molar-refractivity contribution in [2.45, 2.75) is 59.0 Å². The Kier molecular flexibility index (Phi) is 16.0. The smallest absolute Gasteiger partial charge is 0.321 e. The Morgan fingerprint density at radius 3 is 1.81 bits per heavy atom. The summed E-state index contributed by atoms with van der Waals surface area (Å²) in [5, 5.41) is 2.73. The molecule has 0 spiro atoms. The van der Waals surface area contributed by atoms with E-state index in [0.29, 0.717) is 11.4 Å². The van der Waals surface area contributed by atoms with Crippen LogP contribution in [0.15, 0.2) is 60.7 Å². The van der Waals surface area contributed by atoms with Crippen molar-refractivity contribution in [2.24, 2.45) is 0 Å². The number of unbranched alkanes of at least 4 members (excludes halogenated alkanes) is 3. The number of ether oxygens (including phenoxy) is 2. The highest BCUT2D eigenvalue weighted by Crippen LogP contribution is 2.17. The monoisotopic (exact) mass is 440 g/mol. The Labute approximate surface area is 195 Å². The molecule has 0 fully saturated rings. The first kappa shape index (κ1) is 29.0. The highest BCUT2D eigenvalue weighted by Gasteiger charge is 2.13. The lowest BCUT2D eigenvalue weighted by molar-refractivity contribution is -0.0550. The van der Waals surface area contributed by atoms with Crippen molar-refractivity contribution in [3.63, 3.8) is 0 Å². The maximum absolute atomic E-state index is 11.5. The zero-order chi connectivity index (χ0) is 24.2. The van der Waals surface area contributed by atoms with Gasteiger partial charge in [0.2, 0.25) is 0 Å². The fourth-order valence-corrected chi connectivity index (χ4v) is 2.04. The fraction of sp³-hybridized carbons (Fsp3) is 0.444. The average molecular weight is 441 g/mol. The van der Waals surface area contributed by atoms with Gasteiger partial charge in [-0.15, -0.1) is 6.42 Å². The summed E-state index contributed by atoms with van der Waals surface area (Å²) in [6.07, 6.45) is 10.8. The summed E-state index contributed by atoms with van der Waals surface area (Å²) >= 11 is 0. The van der Waals surface area contributed by atoms with Gasteiger partial charge in [-0.3, -0.25) is 0 Å². The number of carbonyl (C=O) groups excluding carboxylic acids is 1. The summed E-state index contributed by atoms with van der Waals surface area (Å²) in [5.41, 5.74) is 0.0422. The van der Waals surface area contributed by atoms with Crippen LogP contribution in [0.4, 0.5) is 10.5 Å². The maximum atomic E-state index is 11.5. The number of nitrogens with zero attached hydrogens (tertiary/aromatic N) is 1. The van der Waals surface area contributed by atoms with Gasteiger partial charge in [-0.1, -0.05) is 81.8 Å². The molecule has 32 heavy (non-hydrogen) atoms. The first-order chi connectivity index (χ1) is 15.3. The molecule has 0 aromatic heterocycles. The van der Waals surface area contributed by atoms with Crippen molar-refractivity contribution in [3.05, 3.63) is 60.7 Å². The predicted octanol–water partition coefficient (Wildman–Crippen LogP) is 6.82. The summed E-state index contributed by atoms with van der Waals surface area (Å²) in [6.45, 7) is 8.11. The van der Waals surface area contributed by atoms with E-state index in [2.05, 4.69) is 25.1 Å². The summed E-state index contributed by atoms with van der Waals surface area (Å²) in [5.74, 6) is 3.15. The SMILES string of the molecule is C#CC(C)(C)OCOc1ccc(NC(=O)N(C)C)cc1.CCCCCC.c1ccccc1. The molecule has 0 atom stereocenters. The number of hydrogen-bond acceptors (Lipinski definition) is 3. The standard InChI is InChI=1S/C15H20N2O3.C6H6.C6H14/c1-6-15(2,3)20-11-19-13-9-7-12(8-10-13)16-14(18)17(4)5;1-2-4-6-5-3-1;1-3-5-6-4-2/h1,7-10H,11H2,2-5H3,(H,16,18);1-6H;3-6H2,1-2H3. The van der Waals surface area contributed by atoms with Gasteiger partial charge in [0, 0.05) is 19.8 Å². The van der Waals surface area contributed by atoms with Gasteiger partial charge in [0.1, 0.15) is 11.4 Å².